The third-order valence-corrected chi connectivity index (χ3v) is 8.28. The highest BCUT2D eigenvalue weighted by Gasteiger charge is 2.47. The number of unbranched alkanes of at least 4 members (excludes halogenated alkanes) is 2. The number of aliphatic carboxylic acids is 1. The Morgan fingerprint density at radius 3 is 2.44 bits per heavy atom. The van der Waals surface area contributed by atoms with Crippen LogP contribution in [0.25, 0.3) is 0 Å². The van der Waals surface area contributed by atoms with E-state index in [4.69, 9.17) is 15.2 Å². The Bertz CT molecular complexity index is 1190. The second kappa shape index (κ2) is 14.6. The topological polar surface area (TPSA) is 146 Å². The minimum Gasteiger partial charge on any atom is -0.481 e. The fraction of sp³-hybridized carbons (Fsp3) is 0.548. The van der Waals surface area contributed by atoms with Gasteiger partial charge in [-0.25, -0.2) is 0 Å². The van der Waals surface area contributed by atoms with Crippen LogP contribution in [0.2, 0.25) is 0 Å². The Labute approximate surface area is 241 Å². The maximum Gasteiger partial charge on any atom is 0.308 e. The van der Waals surface area contributed by atoms with Crippen molar-refractivity contribution in [3.05, 3.63) is 58.7 Å². The van der Waals surface area contributed by atoms with Gasteiger partial charge in [0.15, 0.2) is 11.5 Å². The minimum atomic E-state index is -0.953. The third kappa shape index (κ3) is 7.19. The molecule has 0 spiro atoms. The van der Waals surface area contributed by atoms with E-state index in [1.807, 2.05) is 34.1 Å². The minimum absolute atomic E-state index is 0.0255. The third-order valence-electron chi connectivity index (χ3n) is 8.28. The molecule has 41 heavy (non-hydrogen) atoms. The van der Waals surface area contributed by atoms with Gasteiger partial charge in [-0.2, -0.15) is 0 Å². The molecule has 2 heterocycles. The molecule has 1 fully saturated rings. The van der Waals surface area contributed by atoms with Gasteiger partial charge in [-0.15, -0.1) is 0 Å². The summed E-state index contributed by atoms with van der Waals surface area (Å²) >= 11 is 0. The molecule has 2 aromatic rings. The van der Waals surface area contributed by atoms with Crippen LogP contribution in [0.15, 0.2) is 36.4 Å². The Kier molecular flexibility index (Phi) is 11.0. The summed E-state index contributed by atoms with van der Waals surface area (Å²) in [6.45, 7) is 3.99. The molecular formula is C31H43N3O7. The first-order valence-electron chi connectivity index (χ1n) is 14.6. The first-order valence-corrected chi connectivity index (χ1v) is 14.6. The lowest BCUT2D eigenvalue weighted by Crippen LogP contribution is -2.45. The molecule has 3 atom stereocenters. The molecule has 5 N–H and O–H groups in total. The SMILES string of the molecule is CCCCN(CCCCN)C(=O)CN1C[C@H](c2cc(CO)c3c(c2)OCO3)[C@@H](C(=O)O)[C@@H]1Cc1ccccc1CO. The monoisotopic (exact) mass is 569 g/mol. The van der Waals surface area contributed by atoms with E-state index in [0.717, 1.165) is 42.4 Å². The number of fused-ring (bicyclic) bond motifs is 1. The number of carboxylic acids is 1. The normalized spacial score (nSPS) is 20.0. The summed E-state index contributed by atoms with van der Waals surface area (Å²) < 4.78 is 11.1. The van der Waals surface area contributed by atoms with Crippen LogP contribution in [0.3, 0.4) is 0 Å². The van der Waals surface area contributed by atoms with Gasteiger partial charge in [0, 0.05) is 37.2 Å². The van der Waals surface area contributed by atoms with Crippen LogP contribution in [0.4, 0.5) is 0 Å². The fourth-order valence-electron chi connectivity index (χ4n) is 6.09. The van der Waals surface area contributed by atoms with Crippen molar-refractivity contribution < 1.29 is 34.4 Å². The second-order valence-electron chi connectivity index (χ2n) is 10.9. The number of nitrogens with zero attached hydrogens (tertiary/aromatic N) is 2. The van der Waals surface area contributed by atoms with Gasteiger partial charge < -0.3 is 35.4 Å². The molecule has 0 radical (unpaired) electrons. The lowest BCUT2D eigenvalue weighted by molar-refractivity contribution is -0.143. The Morgan fingerprint density at radius 1 is 1.02 bits per heavy atom. The van der Waals surface area contributed by atoms with Crippen LogP contribution in [-0.2, 0) is 29.2 Å². The van der Waals surface area contributed by atoms with Gasteiger partial charge >= 0.3 is 5.97 Å². The molecule has 1 amide bonds. The molecule has 0 aromatic heterocycles. The maximum absolute atomic E-state index is 13.7. The first-order chi connectivity index (χ1) is 19.9. The van der Waals surface area contributed by atoms with E-state index in [1.54, 1.807) is 12.1 Å². The van der Waals surface area contributed by atoms with E-state index in [9.17, 15) is 24.9 Å². The van der Waals surface area contributed by atoms with Crippen LogP contribution in [0, 0.1) is 5.92 Å². The van der Waals surface area contributed by atoms with E-state index in [2.05, 4.69) is 6.92 Å². The number of nitrogens with two attached hydrogens (primary N) is 1. The molecular weight excluding hydrogens is 526 g/mol. The Balaban J connectivity index is 1.68. The van der Waals surface area contributed by atoms with Crippen molar-refractivity contribution in [2.75, 3.05) is 39.5 Å². The van der Waals surface area contributed by atoms with Crippen molar-refractivity contribution in [3.63, 3.8) is 0 Å². The number of aliphatic hydroxyl groups is 2. The molecule has 0 saturated carbocycles. The molecule has 0 unspecified atom stereocenters. The summed E-state index contributed by atoms with van der Waals surface area (Å²) in [6, 6.07) is 10.6. The van der Waals surface area contributed by atoms with Crippen molar-refractivity contribution in [2.45, 2.75) is 64.2 Å². The van der Waals surface area contributed by atoms with E-state index < -0.39 is 23.8 Å². The van der Waals surface area contributed by atoms with E-state index in [-0.39, 0.29) is 32.5 Å². The lowest BCUT2D eigenvalue weighted by atomic mass is 9.82. The number of amides is 1. The van der Waals surface area contributed by atoms with Gasteiger partial charge in [0.1, 0.15) is 0 Å². The summed E-state index contributed by atoms with van der Waals surface area (Å²) in [5.41, 5.74) is 8.56. The smallest absolute Gasteiger partial charge is 0.308 e. The molecule has 224 valence electrons. The predicted octanol–water partition coefficient (Wildman–Crippen LogP) is 2.48. The quantitative estimate of drug-likeness (QED) is 0.238. The number of ether oxygens (including phenoxy) is 2. The molecule has 2 aliphatic heterocycles. The Hall–Kier alpha value is -3.18. The van der Waals surface area contributed by atoms with Gasteiger partial charge in [0.05, 0.1) is 25.7 Å². The highest BCUT2D eigenvalue weighted by molar-refractivity contribution is 5.79. The van der Waals surface area contributed by atoms with E-state index >= 15 is 0 Å². The average Bonchev–Trinajstić information content (AvgIpc) is 3.59. The van der Waals surface area contributed by atoms with Crippen molar-refractivity contribution in [1.82, 2.24) is 9.80 Å². The van der Waals surface area contributed by atoms with Gasteiger partial charge in [0.25, 0.3) is 0 Å². The number of benzene rings is 2. The molecule has 1 saturated heterocycles. The highest BCUT2D eigenvalue weighted by atomic mass is 16.7. The summed E-state index contributed by atoms with van der Waals surface area (Å²) in [5.74, 6) is -1.30. The number of carboxylic acid groups (broad SMARTS) is 1. The molecule has 0 aliphatic carbocycles. The summed E-state index contributed by atoms with van der Waals surface area (Å²) in [5, 5.41) is 30.5. The number of rotatable bonds is 15. The fourth-order valence-corrected chi connectivity index (χ4v) is 6.09. The highest BCUT2D eigenvalue weighted by Crippen LogP contribution is 2.44. The van der Waals surface area contributed by atoms with E-state index in [1.165, 1.54) is 0 Å². The van der Waals surface area contributed by atoms with Crippen LogP contribution >= 0.6 is 0 Å². The molecule has 2 aromatic carbocycles. The number of carbonyl (C=O) groups excluding carboxylic acids is 1. The van der Waals surface area contributed by atoms with Crippen LogP contribution in [0.1, 0.15) is 60.8 Å². The van der Waals surface area contributed by atoms with Crippen LogP contribution in [0.5, 0.6) is 11.5 Å². The number of aliphatic hydroxyl groups excluding tert-OH is 2. The van der Waals surface area contributed by atoms with Crippen molar-refractivity contribution in [1.29, 1.82) is 0 Å². The first kappa shape index (κ1) is 30.8. The Morgan fingerprint density at radius 2 is 1.76 bits per heavy atom. The number of hydrogen-bond acceptors (Lipinski definition) is 8. The number of hydrogen-bond donors (Lipinski definition) is 4. The van der Waals surface area contributed by atoms with Crippen molar-refractivity contribution >= 4 is 11.9 Å². The average molecular weight is 570 g/mol. The predicted molar refractivity (Wildman–Crippen MR) is 154 cm³/mol. The van der Waals surface area contributed by atoms with Crippen molar-refractivity contribution in [2.24, 2.45) is 11.7 Å². The van der Waals surface area contributed by atoms with E-state index in [0.29, 0.717) is 49.7 Å². The molecule has 4 rings (SSSR count). The van der Waals surface area contributed by atoms with Crippen LogP contribution < -0.4 is 15.2 Å². The van der Waals surface area contributed by atoms with Gasteiger partial charge in [-0.05, 0) is 61.1 Å². The van der Waals surface area contributed by atoms with Gasteiger partial charge in [0.2, 0.25) is 12.7 Å². The summed E-state index contributed by atoms with van der Waals surface area (Å²) in [6.07, 6.45) is 3.88. The zero-order valence-electron chi connectivity index (χ0n) is 23.8. The molecule has 2 aliphatic rings. The maximum atomic E-state index is 13.7. The van der Waals surface area contributed by atoms with Crippen LogP contribution in [-0.4, -0.2) is 82.6 Å². The summed E-state index contributed by atoms with van der Waals surface area (Å²) in [4.78, 5) is 30.5. The summed E-state index contributed by atoms with van der Waals surface area (Å²) in [7, 11) is 0. The van der Waals surface area contributed by atoms with Crippen molar-refractivity contribution in [3.8, 4) is 11.5 Å². The zero-order valence-corrected chi connectivity index (χ0v) is 23.8. The lowest BCUT2D eigenvalue weighted by Gasteiger charge is -2.30. The van der Waals surface area contributed by atoms with Gasteiger partial charge in [-0.1, -0.05) is 37.6 Å². The number of carbonyl (C=O) groups is 2. The second-order valence-corrected chi connectivity index (χ2v) is 10.9. The number of likely N-dealkylation sites (tertiary alicyclic amines) is 1. The zero-order chi connectivity index (χ0) is 29.4. The standard InChI is InChI=1S/C31H43N3O7/c1-2-3-11-33(12-7-6-10-32)28(37)17-34-16-25(23-13-24(19-36)30-27(15-23)40-20-41-30)29(31(38)39)26(34)14-21-8-4-5-9-22(21)18-35/h4-5,8-9,13,15,25-26,29,35-36H,2-3,6-7,10-12,14,16-20,32H2,1H3,(H,38,39)/t25-,26+,29-/m1/s1. The molecule has 10 heteroatoms. The van der Waals surface area contributed by atoms with Gasteiger partial charge in [-0.3, -0.25) is 14.5 Å². The largest absolute Gasteiger partial charge is 0.481 e. The molecule has 0 bridgehead atoms. The molecule has 10 nitrogen and oxygen atoms in total.